The normalized spacial score (nSPS) is 11.1. The van der Waals surface area contributed by atoms with E-state index in [1.54, 1.807) is 0 Å². The Labute approximate surface area is 113 Å². The lowest BCUT2D eigenvalue weighted by atomic mass is 10.0. The largest absolute Gasteiger partial charge is 0.388 e. The van der Waals surface area contributed by atoms with Gasteiger partial charge in [-0.3, -0.25) is 0 Å². The molecule has 1 rings (SSSR count). The molecule has 1 aromatic rings. The smallest absolute Gasteiger partial charge is 0.123 e. The molecule has 3 heteroatoms. The van der Waals surface area contributed by atoms with Gasteiger partial charge in [0.25, 0.3) is 0 Å². The lowest BCUT2D eigenvalue weighted by Crippen LogP contribution is -1.97. The van der Waals surface area contributed by atoms with Crippen LogP contribution in [0.2, 0.25) is 0 Å². The first kappa shape index (κ1) is 16.2. The van der Waals surface area contributed by atoms with Gasteiger partial charge in [-0.2, -0.15) is 0 Å². The fourth-order valence-electron chi connectivity index (χ4n) is 1.38. The summed E-state index contributed by atoms with van der Waals surface area (Å²) in [5.74, 6) is 0.319. The molecule has 1 aromatic carbocycles. The van der Waals surface area contributed by atoms with Gasteiger partial charge in [0.1, 0.15) is 6.29 Å². The van der Waals surface area contributed by atoms with Crippen LogP contribution in [0.15, 0.2) is 28.7 Å². The highest BCUT2D eigenvalue weighted by atomic mass is 79.9. The summed E-state index contributed by atoms with van der Waals surface area (Å²) in [7, 11) is 1.90. The Balaban J connectivity index is 0.000000304. The summed E-state index contributed by atoms with van der Waals surface area (Å²) in [6.07, 6.45) is 4.23. The van der Waals surface area contributed by atoms with E-state index in [9.17, 15) is 4.79 Å². The minimum Gasteiger partial charge on any atom is -0.388 e. The van der Waals surface area contributed by atoms with Gasteiger partial charge in [0.2, 0.25) is 0 Å². The molecule has 0 fully saturated rings. The highest BCUT2D eigenvalue weighted by Crippen LogP contribution is 2.14. The molecule has 17 heavy (non-hydrogen) atoms. The van der Waals surface area contributed by atoms with Crippen LogP contribution in [0.25, 0.3) is 0 Å². The molecule has 0 saturated carbocycles. The molecule has 0 aromatic heterocycles. The zero-order valence-electron chi connectivity index (χ0n) is 10.9. The van der Waals surface area contributed by atoms with Crippen molar-refractivity contribution in [2.24, 2.45) is 5.92 Å². The predicted octanol–water partition coefficient (Wildman–Crippen LogP) is 4.50. The van der Waals surface area contributed by atoms with Crippen molar-refractivity contribution in [3.05, 3.63) is 28.7 Å². The average Bonchev–Trinajstić information content (AvgIpc) is 2.36. The fraction of sp³-hybridized carbons (Fsp3) is 0.500. The first-order valence-corrected chi connectivity index (χ1v) is 6.85. The second kappa shape index (κ2) is 10.3. The minimum atomic E-state index is 0.319. The Morgan fingerprint density at radius 3 is 2.41 bits per heavy atom. The van der Waals surface area contributed by atoms with Crippen molar-refractivity contribution in [2.75, 3.05) is 12.4 Å². The molecule has 96 valence electrons. The van der Waals surface area contributed by atoms with E-state index in [1.807, 2.05) is 31.3 Å². The second-order valence-electron chi connectivity index (χ2n) is 3.85. The molecule has 1 atom stereocenters. The minimum absolute atomic E-state index is 0.319. The maximum absolute atomic E-state index is 10.1. The summed E-state index contributed by atoms with van der Waals surface area (Å²) in [5, 5.41) is 3.04. The summed E-state index contributed by atoms with van der Waals surface area (Å²) in [6, 6.07) is 8.04. The van der Waals surface area contributed by atoms with Crippen LogP contribution in [0.4, 0.5) is 5.69 Å². The van der Waals surface area contributed by atoms with Crippen LogP contribution in [-0.4, -0.2) is 13.3 Å². The van der Waals surface area contributed by atoms with E-state index in [-0.39, 0.29) is 0 Å². The van der Waals surface area contributed by atoms with E-state index in [0.29, 0.717) is 5.92 Å². The number of nitrogens with one attached hydrogen (secondary N) is 1. The Morgan fingerprint density at radius 1 is 1.41 bits per heavy atom. The molecular formula is C14H22BrNO. The van der Waals surface area contributed by atoms with Crippen molar-refractivity contribution in [2.45, 2.75) is 33.1 Å². The quantitative estimate of drug-likeness (QED) is 0.811. The van der Waals surface area contributed by atoms with Gasteiger partial charge in [-0.05, 0) is 31.0 Å². The molecule has 1 unspecified atom stereocenters. The average molecular weight is 300 g/mol. The molecule has 0 saturated heterocycles. The first-order chi connectivity index (χ1) is 8.17. The maximum Gasteiger partial charge on any atom is 0.123 e. The van der Waals surface area contributed by atoms with E-state index in [1.165, 1.54) is 0 Å². The van der Waals surface area contributed by atoms with Crippen molar-refractivity contribution in [1.29, 1.82) is 0 Å². The van der Waals surface area contributed by atoms with Crippen molar-refractivity contribution in [3.8, 4) is 0 Å². The van der Waals surface area contributed by atoms with Crippen LogP contribution >= 0.6 is 15.9 Å². The van der Waals surface area contributed by atoms with Gasteiger partial charge in [-0.25, -0.2) is 0 Å². The van der Waals surface area contributed by atoms with E-state index in [0.717, 1.165) is 35.7 Å². The van der Waals surface area contributed by atoms with Gasteiger partial charge in [0, 0.05) is 23.1 Å². The van der Waals surface area contributed by atoms with Gasteiger partial charge in [0.05, 0.1) is 0 Å². The topological polar surface area (TPSA) is 29.1 Å². The Hall–Kier alpha value is -0.830. The number of halogens is 1. The molecule has 2 nitrogen and oxygen atoms in total. The van der Waals surface area contributed by atoms with E-state index >= 15 is 0 Å². The number of aldehydes is 1. The highest BCUT2D eigenvalue weighted by Gasteiger charge is 1.99. The lowest BCUT2D eigenvalue weighted by molar-refractivity contribution is -0.111. The number of rotatable bonds is 5. The fourth-order valence-corrected chi connectivity index (χ4v) is 1.78. The number of benzene rings is 1. The van der Waals surface area contributed by atoms with Crippen molar-refractivity contribution >= 4 is 27.9 Å². The third-order valence-electron chi connectivity index (χ3n) is 2.49. The Kier molecular flexibility index (Phi) is 9.83. The second-order valence-corrected chi connectivity index (χ2v) is 4.77. The summed E-state index contributed by atoms with van der Waals surface area (Å²) < 4.78 is 1.11. The summed E-state index contributed by atoms with van der Waals surface area (Å²) in [4.78, 5) is 10.1. The van der Waals surface area contributed by atoms with Gasteiger partial charge >= 0.3 is 0 Å². The van der Waals surface area contributed by atoms with Crippen molar-refractivity contribution < 1.29 is 4.79 Å². The summed E-state index contributed by atoms with van der Waals surface area (Å²) >= 11 is 3.36. The molecule has 0 amide bonds. The molecule has 0 aliphatic carbocycles. The zero-order valence-corrected chi connectivity index (χ0v) is 12.5. The number of hydrogen-bond donors (Lipinski definition) is 1. The molecule has 0 bridgehead atoms. The molecular weight excluding hydrogens is 278 g/mol. The SMILES string of the molecule is CCCC(C=O)CC.CNc1cccc(Br)c1. The molecule has 0 heterocycles. The van der Waals surface area contributed by atoms with Gasteiger partial charge in [-0.1, -0.05) is 42.3 Å². The van der Waals surface area contributed by atoms with Gasteiger partial charge in [0.15, 0.2) is 0 Å². The van der Waals surface area contributed by atoms with E-state index in [2.05, 4.69) is 35.1 Å². The lowest BCUT2D eigenvalue weighted by Gasteiger charge is -2.01. The molecule has 0 aliphatic rings. The third-order valence-corrected chi connectivity index (χ3v) is 2.98. The Morgan fingerprint density at radius 2 is 2.12 bits per heavy atom. The predicted molar refractivity (Wildman–Crippen MR) is 78.4 cm³/mol. The number of carbonyl (C=O) groups excluding carboxylic acids is 1. The molecule has 1 N–H and O–H groups in total. The maximum atomic E-state index is 10.1. The Bertz CT molecular complexity index is 315. The van der Waals surface area contributed by atoms with Crippen LogP contribution in [0.3, 0.4) is 0 Å². The van der Waals surface area contributed by atoms with Crippen molar-refractivity contribution in [1.82, 2.24) is 0 Å². The van der Waals surface area contributed by atoms with E-state index < -0.39 is 0 Å². The molecule has 0 radical (unpaired) electrons. The zero-order chi connectivity index (χ0) is 13.1. The third kappa shape index (κ3) is 7.97. The number of carbonyl (C=O) groups is 1. The van der Waals surface area contributed by atoms with Crippen LogP contribution in [-0.2, 0) is 4.79 Å². The number of hydrogen-bond acceptors (Lipinski definition) is 2. The summed E-state index contributed by atoms with van der Waals surface area (Å²) in [5.41, 5.74) is 1.13. The van der Waals surface area contributed by atoms with Crippen LogP contribution in [0.5, 0.6) is 0 Å². The molecule has 0 spiro atoms. The highest BCUT2D eigenvalue weighted by molar-refractivity contribution is 9.10. The summed E-state index contributed by atoms with van der Waals surface area (Å²) in [6.45, 7) is 4.15. The van der Waals surface area contributed by atoms with Crippen molar-refractivity contribution in [3.63, 3.8) is 0 Å². The van der Waals surface area contributed by atoms with Gasteiger partial charge < -0.3 is 10.1 Å². The monoisotopic (exact) mass is 299 g/mol. The first-order valence-electron chi connectivity index (χ1n) is 6.06. The number of anilines is 1. The standard InChI is InChI=1S/C7H8BrN.C7H14O/c1-9-7-4-2-3-6(8)5-7;1-3-5-7(4-2)6-8/h2-5,9H,1H3;6-7H,3-5H2,1-2H3. The van der Waals surface area contributed by atoms with Crippen LogP contribution in [0.1, 0.15) is 33.1 Å². The van der Waals surface area contributed by atoms with Crippen LogP contribution < -0.4 is 5.32 Å². The van der Waals surface area contributed by atoms with Gasteiger partial charge in [-0.15, -0.1) is 0 Å². The van der Waals surface area contributed by atoms with Crippen LogP contribution in [0, 0.1) is 5.92 Å². The van der Waals surface area contributed by atoms with E-state index in [4.69, 9.17) is 0 Å². The molecule has 0 aliphatic heterocycles.